The van der Waals surface area contributed by atoms with Gasteiger partial charge < -0.3 is 5.11 Å². The second-order valence-corrected chi connectivity index (χ2v) is 5.17. The van der Waals surface area contributed by atoms with Crippen molar-refractivity contribution in [3.05, 3.63) is 58.2 Å². The molecular weight excluding hydrogens is 244 g/mol. The van der Waals surface area contributed by atoms with Gasteiger partial charge in [-0.05, 0) is 24.6 Å². The van der Waals surface area contributed by atoms with Gasteiger partial charge in [0.15, 0.2) is 0 Å². The van der Waals surface area contributed by atoms with Crippen LogP contribution in [0.4, 0.5) is 0 Å². The molecule has 2 aromatic heterocycles. The highest BCUT2D eigenvalue weighted by Gasteiger charge is 2.16. The lowest BCUT2D eigenvalue weighted by atomic mass is 10.0. The van der Waals surface area contributed by atoms with Gasteiger partial charge in [-0.1, -0.05) is 18.2 Å². The van der Waals surface area contributed by atoms with E-state index in [0.717, 1.165) is 21.5 Å². The molecule has 3 nitrogen and oxygen atoms in total. The molecule has 0 saturated heterocycles. The lowest BCUT2D eigenvalue weighted by Gasteiger charge is -2.11. The van der Waals surface area contributed by atoms with E-state index >= 15 is 0 Å². The molecule has 0 fully saturated rings. The maximum atomic E-state index is 10.4. The molecule has 0 bridgehead atoms. The van der Waals surface area contributed by atoms with Crippen LogP contribution in [0.15, 0.2) is 41.9 Å². The summed E-state index contributed by atoms with van der Waals surface area (Å²) in [5.74, 6) is 0. The highest BCUT2D eigenvalue weighted by Crippen LogP contribution is 2.28. The van der Waals surface area contributed by atoms with E-state index < -0.39 is 6.10 Å². The van der Waals surface area contributed by atoms with Crippen molar-refractivity contribution in [1.82, 2.24) is 9.97 Å². The summed E-state index contributed by atoms with van der Waals surface area (Å²) in [6, 6.07) is 9.62. The van der Waals surface area contributed by atoms with Gasteiger partial charge in [0, 0.05) is 17.0 Å². The smallest absolute Gasteiger partial charge is 0.122 e. The molecule has 90 valence electrons. The van der Waals surface area contributed by atoms with Crippen LogP contribution in [0.3, 0.4) is 0 Å². The van der Waals surface area contributed by atoms with Crippen LogP contribution in [-0.2, 0) is 0 Å². The molecule has 2 heterocycles. The van der Waals surface area contributed by atoms with Crippen molar-refractivity contribution < 1.29 is 5.11 Å². The van der Waals surface area contributed by atoms with Crippen molar-refractivity contribution in [2.45, 2.75) is 13.0 Å². The molecule has 4 heteroatoms. The molecule has 0 amide bonds. The fourth-order valence-corrected chi connectivity index (χ4v) is 2.66. The number of rotatable bonds is 2. The lowest BCUT2D eigenvalue weighted by Crippen LogP contribution is -2.01. The van der Waals surface area contributed by atoms with E-state index in [1.54, 1.807) is 17.5 Å². The molecule has 0 aliphatic carbocycles. The Morgan fingerprint density at radius 1 is 1.22 bits per heavy atom. The zero-order valence-corrected chi connectivity index (χ0v) is 10.7. The fourth-order valence-electron chi connectivity index (χ4n) is 2.03. The summed E-state index contributed by atoms with van der Waals surface area (Å²) in [6.07, 6.45) is 1.06. The molecule has 1 N–H and O–H groups in total. The molecule has 3 aromatic rings. The Hall–Kier alpha value is -1.78. The first-order valence-electron chi connectivity index (χ1n) is 5.69. The third kappa shape index (κ3) is 1.89. The number of pyridine rings is 1. The SMILES string of the molecule is Cc1nc(C(O)c2cccc3ncccc23)cs1. The number of nitrogens with zero attached hydrogens (tertiary/aromatic N) is 2. The molecule has 1 unspecified atom stereocenters. The summed E-state index contributed by atoms with van der Waals surface area (Å²) < 4.78 is 0. The number of hydrogen-bond donors (Lipinski definition) is 1. The van der Waals surface area contributed by atoms with Crippen LogP contribution in [0.25, 0.3) is 10.9 Å². The van der Waals surface area contributed by atoms with Crippen LogP contribution in [0.2, 0.25) is 0 Å². The van der Waals surface area contributed by atoms with Gasteiger partial charge in [0.2, 0.25) is 0 Å². The number of aliphatic hydroxyl groups is 1. The van der Waals surface area contributed by atoms with Gasteiger partial charge >= 0.3 is 0 Å². The van der Waals surface area contributed by atoms with Gasteiger partial charge in [-0.25, -0.2) is 4.98 Å². The van der Waals surface area contributed by atoms with Gasteiger partial charge in [-0.15, -0.1) is 11.3 Å². The Morgan fingerprint density at radius 3 is 2.89 bits per heavy atom. The summed E-state index contributed by atoms with van der Waals surface area (Å²) in [7, 11) is 0. The van der Waals surface area contributed by atoms with Crippen LogP contribution >= 0.6 is 11.3 Å². The van der Waals surface area contributed by atoms with Crippen LogP contribution in [-0.4, -0.2) is 15.1 Å². The molecule has 1 aromatic carbocycles. The highest BCUT2D eigenvalue weighted by atomic mass is 32.1. The third-order valence-electron chi connectivity index (χ3n) is 2.89. The van der Waals surface area contributed by atoms with E-state index in [4.69, 9.17) is 0 Å². The summed E-state index contributed by atoms with van der Waals surface area (Å²) in [5, 5.41) is 14.2. The number of aromatic nitrogens is 2. The number of aryl methyl sites for hydroxylation is 1. The largest absolute Gasteiger partial charge is 0.382 e. The van der Waals surface area contributed by atoms with Crippen molar-refractivity contribution in [3.8, 4) is 0 Å². The standard InChI is InChI=1S/C14H12N2OS/c1-9-16-13(8-18-9)14(17)11-4-2-6-12-10(11)5-3-7-15-12/h2-8,14,17H,1H3. The van der Waals surface area contributed by atoms with Crippen molar-refractivity contribution in [2.24, 2.45) is 0 Å². The molecule has 0 spiro atoms. The first-order valence-corrected chi connectivity index (χ1v) is 6.57. The summed E-state index contributed by atoms with van der Waals surface area (Å²) in [5.41, 5.74) is 2.45. The van der Waals surface area contributed by atoms with Gasteiger partial charge in [0.25, 0.3) is 0 Å². The number of fused-ring (bicyclic) bond motifs is 1. The average Bonchev–Trinajstić information content (AvgIpc) is 2.84. The predicted molar refractivity (Wildman–Crippen MR) is 72.7 cm³/mol. The Morgan fingerprint density at radius 2 is 2.11 bits per heavy atom. The summed E-state index contributed by atoms with van der Waals surface area (Å²) >= 11 is 1.55. The minimum atomic E-state index is -0.692. The van der Waals surface area contributed by atoms with Gasteiger partial charge in [0.1, 0.15) is 6.10 Å². The monoisotopic (exact) mass is 256 g/mol. The second kappa shape index (κ2) is 4.48. The van der Waals surface area contributed by atoms with E-state index in [-0.39, 0.29) is 0 Å². The molecule has 1 atom stereocenters. The molecule has 0 radical (unpaired) electrons. The van der Waals surface area contributed by atoms with Crippen molar-refractivity contribution >= 4 is 22.2 Å². The van der Waals surface area contributed by atoms with Crippen LogP contribution in [0, 0.1) is 6.92 Å². The highest BCUT2D eigenvalue weighted by molar-refractivity contribution is 7.09. The van der Waals surface area contributed by atoms with Crippen LogP contribution in [0.1, 0.15) is 22.4 Å². The zero-order chi connectivity index (χ0) is 12.5. The molecule has 0 aliphatic rings. The van der Waals surface area contributed by atoms with E-state index in [2.05, 4.69) is 9.97 Å². The number of aliphatic hydroxyl groups excluding tert-OH is 1. The summed E-state index contributed by atoms with van der Waals surface area (Å²) in [6.45, 7) is 1.94. The van der Waals surface area contributed by atoms with E-state index in [0.29, 0.717) is 5.69 Å². The molecule has 3 rings (SSSR count). The molecule has 18 heavy (non-hydrogen) atoms. The first kappa shape index (κ1) is 11.3. The fraction of sp³-hybridized carbons (Fsp3) is 0.143. The minimum absolute atomic E-state index is 0.692. The Labute approximate surface area is 109 Å². The van der Waals surface area contributed by atoms with Gasteiger partial charge in [-0.3, -0.25) is 4.98 Å². The second-order valence-electron chi connectivity index (χ2n) is 4.11. The maximum absolute atomic E-state index is 10.4. The van der Waals surface area contributed by atoms with Gasteiger partial charge in [0.05, 0.1) is 16.2 Å². The number of benzene rings is 1. The number of thiazole rings is 1. The lowest BCUT2D eigenvalue weighted by molar-refractivity contribution is 0.217. The molecule has 0 aliphatic heterocycles. The minimum Gasteiger partial charge on any atom is -0.382 e. The Kier molecular flexibility index (Phi) is 2.81. The number of hydrogen-bond acceptors (Lipinski definition) is 4. The maximum Gasteiger partial charge on any atom is 0.122 e. The Balaban J connectivity index is 2.14. The molecular formula is C14H12N2OS. The van der Waals surface area contributed by atoms with Crippen molar-refractivity contribution in [3.63, 3.8) is 0 Å². The normalized spacial score (nSPS) is 12.8. The third-order valence-corrected chi connectivity index (χ3v) is 3.68. The van der Waals surface area contributed by atoms with E-state index in [9.17, 15) is 5.11 Å². The zero-order valence-electron chi connectivity index (χ0n) is 9.87. The van der Waals surface area contributed by atoms with Gasteiger partial charge in [-0.2, -0.15) is 0 Å². The topological polar surface area (TPSA) is 46.0 Å². The van der Waals surface area contributed by atoms with Crippen LogP contribution in [0.5, 0.6) is 0 Å². The average molecular weight is 256 g/mol. The Bertz CT molecular complexity index is 688. The summed E-state index contributed by atoms with van der Waals surface area (Å²) in [4.78, 5) is 8.64. The first-order chi connectivity index (χ1) is 8.75. The quantitative estimate of drug-likeness (QED) is 0.766. The van der Waals surface area contributed by atoms with Crippen LogP contribution < -0.4 is 0 Å². The van der Waals surface area contributed by atoms with Crippen molar-refractivity contribution in [2.75, 3.05) is 0 Å². The van der Waals surface area contributed by atoms with E-state index in [1.165, 1.54) is 0 Å². The molecule has 0 saturated carbocycles. The predicted octanol–water partition coefficient (Wildman–Crippen LogP) is 3.08. The van der Waals surface area contributed by atoms with E-state index in [1.807, 2.05) is 42.6 Å². The van der Waals surface area contributed by atoms with Crippen molar-refractivity contribution in [1.29, 1.82) is 0 Å².